The molecule has 0 N–H and O–H groups in total. The molecule has 1 aromatic rings. The van der Waals surface area contributed by atoms with Crippen molar-refractivity contribution in [1.29, 1.82) is 0 Å². The van der Waals surface area contributed by atoms with Gasteiger partial charge in [-0.05, 0) is 0 Å². The van der Waals surface area contributed by atoms with Crippen molar-refractivity contribution in [3.05, 3.63) is 24.4 Å². The Morgan fingerprint density at radius 1 is 1.67 bits per heavy atom. The van der Waals surface area contributed by atoms with Crippen LogP contribution in [-0.4, -0.2) is 0 Å². The normalized spacial score (nSPS) is 8.83. The summed E-state index contributed by atoms with van der Waals surface area (Å²) in [5, 5.41) is 0. The van der Waals surface area contributed by atoms with Crippen LogP contribution >= 0.6 is 0 Å². The second-order valence-electron chi connectivity index (χ2n) is 0.942. The summed E-state index contributed by atoms with van der Waals surface area (Å²) >= 11 is 0. The smallest absolute Gasteiger partial charge is 0.161 e. The molecule has 0 aromatic carbocycles. The molecule has 0 atom stereocenters. The van der Waals surface area contributed by atoms with E-state index in [9.17, 15) is 4.39 Å². The SMILES string of the molecule is Fc1ccoc1. The van der Waals surface area contributed by atoms with Crippen molar-refractivity contribution in [2.45, 2.75) is 0 Å². The van der Waals surface area contributed by atoms with Crippen LogP contribution in [0.25, 0.3) is 0 Å². The topological polar surface area (TPSA) is 13.1 Å². The van der Waals surface area contributed by atoms with Gasteiger partial charge in [-0.2, -0.15) is 0 Å². The van der Waals surface area contributed by atoms with Crippen LogP contribution in [-0.2, 0) is 0 Å². The first-order chi connectivity index (χ1) is 2.89. The number of furan rings is 1. The lowest BCUT2D eigenvalue weighted by Gasteiger charge is -1.58. The lowest BCUT2D eigenvalue weighted by Crippen LogP contribution is -1.49. The maximum absolute atomic E-state index is 11.6. The molecule has 0 saturated heterocycles. The highest BCUT2D eigenvalue weighted by Gasteiger charge is 1.81. The first-order valence-electron chi connectivity index (χ1n) is 1.57. The van der Waals surface area contributed by atoms with Gasteiger partial charge in [0.15, 0.2) is 5.82 Å². The Bertz CT molecular complexity index is 111. The summed E-state index contributed by atoms with van der Waals surface area (Å²) in [7, 11) is 0. The van der Waals surface area contributed by atoms with Gasteiger partial charge in [0.2, 0.25) is 0 Å². The van der Waals surface area contributed by atoms with Crippen molar-refractivity contribution in [1.82, 2.24) is 0 Å². The third kappa shape index (κ3) is 0.407. The van der Waals surface area contributed by atoms with Crippen LogP contribution in [0.5, 0.6) is 0 Å². The van der Waals surface area contributed by atoms with Crippen molar-refractivity contribution in [2.24, 2.45) is 0 Å². The Morgan fingerprint density at radius 3 is 2.67 bits per heavy atom. The van der Waals surface area contributed by atoms with Crippen molar-refractivity contribution in [3.63, 3.8) is 0 Å². The minimum Gasteiger partial charge on any atom is -0.469 e. The highest BCUT2D eigenvalue weighted by molar-refractivity contribution is 4.85. The molecular formula is C4H3FO. The third-order valence-corrected chi connectivity index (χ3v) is 0.486. The zero-order valence-electron chi connectivity index (χ0n) is 3.02. The van der Waals surface area contributed by atoms with Crippen molar-refractivity contribution in [2.75, 3.05) is 0 Å². The second-order valence-corrected chi connectivity index (χ2v) is 0.942. The summed E-state index contributed by atoms with van der Waals surface area (Å²) in [5.74, 6) is -0.324. The van der Waals surface area contributed by atoms with Gasteiger partial charge < -0.3 is 4.42 Å². The van der Waals surface area contributed by atoms with Crippen LogP contribution in [0.15, 0.2) is 23.0 Å². The fourth-order valence-corrected chi connectivity index (χ4v) is 0.248. The monoisotopic (exact) mass is 86.0 g/mol. The van der Waals surface area contributed by atoms with E-state index in [0.29, 0.717) is 0 Å². The Morgan fingerprint density at radius 2 is 2.50 bits per heavy atom. The van der Waals surface area contributed by atoms with Crippen LogP contribution in [0.2, 0.25) is 0 Å². The minimum absolute atomic E-state index is 0.324. The molecule has 0 unspecified atom stereocenters. The highest BCUT2D eigenvalue weighted by Crippen LogP contribution is 1.92. The molecule has 1 heterocycles. The molecule has 0 amide bonds. The molecule has 1 aromatic heterocycles. The van der Waals surface area contributed by atoms with Crippen molar-refractivity contribution >= 4 is 0 Å². The molecule has 1 rings (SSSR count). The van der Waals surface area contributed by atoms with Crippen LogP contribution in [0.4, 0.5) is 4.39 Å². The fourth-order valence-electron chi connectivity index (χ4n) is 0.248. The van der Waals surface area contributed by atoms with Crippen LogP contribution in [0, 0.1) is 5.82 Å². The number of hydrogen-bond acceptors (Lipinski definition) is 1. The molecule has 0 bridgehead atoms. The van der Waals surface area contributed by atoms with E-state index in [-0.39, 0.29) is 5.82 Å². The van der Waals surface area contributed by atoms with E-state index in [0.717, 1.165) is 6.26 Å². The summed E-state index contributed by atoms with van der Waals surface area (Å²) < 4.78 is 15.9. The van der Waals surface area contributed by atoms with Gasteiger partial charge in [-0.15, -0.1) is 0 Å². The predicted octanol–water partition coefficient (Wildman–Crippen LogP) is 1.42. The third-order valence-electron chi connectivity index (χ3n) is 0.486. The number of hydrogen-bond donors (Lipinski definition) is 0. The van der Waals surface area contributed by atoms with Gasteiger partial charge in [-0.1, -0.05) is 0 Å². The van der Waals surface area contributed by atoms with E-state index < -0.39 is 0 Å². The summed E-state index contributed by atoms with van der Waals surface area (Å²) in [5.41, 5.74) is 0. The zero-order chi connectivity index (χ0) is 4.41. The zero-order valence-corrected chi connectivity index (χ0v) is 3.02. The van der Waals surface area contributed by atoms with Gasteiger partial charge in [-0.3, -0.25) is 0 Å². The molecule has 1 nitrogen and oxygen atoms in total. The number of rotatable bonds is 0. The quantitative estimate of drug-likeness (QED) is 0.465. The molecule has 0 saturated carbocycles. The Balaban J connectivity index is 3.05. The fraction of sp³-hybridized carbons (Fsp3) is 0. The van der Waals surface area contributed by atoms with Crippen molar-refractivity contribution in [3.8, 4) is 0 Å². The van der Waals surface area contributed by atoms with E-state index in [2.05, 4.69) is 4.42 Å². The molecule has 0 aliphatic heterocycles. The Kier molecular flexibility index (Phi) is 0.638. The van der Waals surface area contributed by atoms with E-state index in [1.165, 1.54) is 12.3 Å². The van der Waals surface area contributed by atoms with E-state index >= 15 is 0 Å². The van der Waals surface area contributed by atoms with Gasteiger partial charge in [0, 0.05) is 6.07 Å². The maximum Gasteiger partial charge on any atom is 0.161 e. The highest BCUT2D eigenvalue weighted by atomic mass is 19.1. The van der Waals surface area contributed by atoms with E-state index in [4.69, 9.17) is 0 Å². The van der Waals surface area contributed by atoms with E-state index in [1.807, 2.05) is 0 Å². The molecule has 0 spiro atoms. The van der Waals surface area contributed by atoms with Crippen LogP contribution in [0.1, 0.15) is 0 Å². The standard InChI is InChI=1S/C4H3FO/c5-4-1-2-6-3-4/h1-3H. The second kappa shape index (κ2) is 1.12. The summed E-state index contributed by atoms with van der Waals surface area (Å²) in [6.45, 7) is 0. The molecule has 0 aliphatic carbocycles. The van der Waals surface area contributed by atoms with Crippen molar-refractivity contribution < 1.29 is 8.81 Å². The summed E-state index contributed by atoms with van der Waals surface area (Å²) in [4.78, 5) is 0. The molecular weight excluding hydrogens is 83.0 g/mol. The van der Waals surface area contributed by atoms with Gasteiger partial charge in [0.05, 0.1) is 6.26 Å². The van der Waals surface area contributed by atoms with Gasteiger partial charge in [-0.25, -0.2) is 4.39 Å². The predicted molar refractivity (Wildman–Crippen MR) is 18.7 cm³/mol. The van der Waals surface area contributed by atoms with Gasteiger partial charge >= 0.3 is 0 Å². The Labute approximate surface area is 34.4 Å². The molecule has 6 heavy (non-hydrogen) atoms. The molecule has 0 fully saturated rings. The lowest BCUT2D eigenvalue weighted by molar-refractivity contribution is 0.532. The first kappa shape index (κ1) is 3.40. The van der Waals surface area contributed by atoms with Gasteiger partial charge in [0.1, 0.15) is 6.26 Å². The molecule has 0 aliphatic rings. The van der Waals surface area contributed by atoms with E-state index in [1.54, 1.807) is 0 Å². The summed E-state index contributed by atoms with van der Waals surface area (Å²) in [6, 6.07) is 1.25. The Hall–Kier alpha value is -0.790. The lowest BCUT2D eigenvalue weighted by atomic mass is 10.6. The minimum atomic E-state index is -0.324. The molecule has 32 valence electrons. The van der Waals surface area contributed by atoms with Gasteiger partial charge in [0.25, 0.3) is 0 Å². The average molecular weight is 86.1 g/mol. The van der Waals surface area contributed by atoms with Crippen LogP contribution < -0.4 is 0 Å². The first-order valence-corrected chi connectivity index (χ1v) is 1.57. The maximum atomic E-state index is 11.6. The van der Waals surface area contributed by atoms with Crippen LogP contribution in [0.3, 0.4) is 0 Å². The summed E-state index contributed by atoms with van der Waals surface area (Å²) in [6.07, 6.45) is 2.33. The molecule has 0 radical (unpaired) electrons. The molecule has 2 heteroatoms. The largest absolute Gasteiger partial charge is 0.469 e. The number of halogens is 1. The average Bonchev–Trinajstić information content (AvgIpc) is 1.86.